The molecule has 0 amide bonds. The summed E-state index contributed by atoms with van der Waals surface area (Å²) in [7, 11) is 1.34. The monoisotopic (exact) mass is 542 g/mol. The smallest absolute Gasteiger partial charge is 0.339 e. The Morgan fingerprint density at radius 3 is 2.60 bits per heavy atom. The molecule has 0 radical (unpaired) electrons. The van der Waals surface area contributed by atoms with Crippen LogP contribution in [0.3, 0.4) is 0 Å². The van der Waals surface area contributed by atoms with Crippen molar-refractivity contribution in [2.75, 3.05) is 13.7 Å². The number of carbonyl (C=O) groups excluding carboxylic acids is 1. The summed E-state index contributed by atoms with van der Waals surface area (Å²) >= 11 is 0. The second-order valence-electron chi connectivity index (χ2n) is 11.1. The Bertz CT molecular complexity index is 1600. The topological polar surface area (TPSA) is 73.4 Å². The van der Waals surface area contributed by atoms with Gasteiger partial charge in [-0.2, -0.15) is 0 Å². The zero-order chi connectivity index (χ0) is 28.6. The molecule has 7 heteroatoms. The van der Waals surface area contributed by atoms with E-state index in [0.29, 0.717) is 46.8 Å². The van der Waals surface area contributed by atoms with E-state index in [-0.39, 0.29) is 0 Å². The van der Waals surface area contributed by atoms with Gasteiger partial charge in [-0.1, -0.05) is 36.4 Å². The van der Waals surface area contributed by atoms with Crippen LogP contribution in [0, 0.1) is 19.7 Å². The normalized spacial score (nSPS) is 14.3. The van der Waals surface area contributed by atoms with Crippen LogP contribution in [-0.4, -0.2) is 35.3 Å². The van der Waals surface area contributed by atoms with Gasteiger partial charge in [0, 0.05) is 33.5 Å². The summed E-state index contributed by atoms with van der Waals surface area (Å²) in [6.07, 6.45) is 4.45. The van der Waals surface area contributed by atoms with Crippen molar-refractivity contribution in [3.05, 3.63) is 81.9 Å². The van der Waals surface area contributed by atoms with Gasteiger partial charge in [-0.15, -0.1) is 0 Å². The van der Waals surface area contributed by atoms with E-state index < -0.39 is 23.5 Å². The summed E-state index contributed by atoms with van der Waals surface area (Å²) in [5, 5.41) is 0.763. The summed E-state index contributed by atoms with van der Waals surface area (Å²) in [5.41, 5.74) is 6.15. The lowest BCUT2D eigenvalue weighted by atomic mass is 9.86. The number of nitrogens with zero attached hydrogens (tertiary/aromatic N) is 1. The van der Waals surface area contributed by atoms with Gasteiger partial charge >= 0.3 is 5.97 Å². The number of esters is 1. The highest BCUT2D eigenvalue weighted by Gasteiger charge is 2.34. The number of fused-ring (bicyclic) bond motifs is 2. The molecule has 4 aromatic rings. The van der Waals surface area contributed by atoms with Crippen LogP contribution < -0.4 is 4.74 Å². The Balaban J connectivity index is 1.80. The molecule has 0 aliphatic carbocycles. The Labute approximate surface area is 234 Å². The quantitative estimate of drug-likeness (QED) is 0.255. The van der Waals surface area contributed by atoms with Crippen molar-refractivity contribution in [1.82, 2.24) is 9.97 Å². The van der Waals surface area contributed by atoms with Crippen molar-refractivity contribution < 1.29 is 23.4 Å². The molecule has 6 nitrogen and oxygen atoms in total. The molecule has 0 unspecified atom stereocenters. The van der Waals surface area contributed by atoms with E-state index in [1.807, 2.05) is 83.2 Å². The van der Waals surface area contributed by atoms with Gasteiger partial charge in [-0.05, 0) is 82.4 Å². The maximum Gasteiger partial charge on any atom is 0.339 e. The molecular weight excluding hydrogens is 507 g/mol. The molecule has 0 saturated carbocycles. The van der Waals surface area contributed by atoms with Crippen molar-refractivity contribution in [2.24, 2.45) is 0 Å². The molecule has 40 heavy (non-hydrogen) atoms. The third-order valence-corrected chi connectivity index (χ3v) is 7.14. The molecular formula is C33H35FN2O4. The number of halogens is 1. The molecule has 208 valence electrons. The summed E-state index contributed by atoms with van der Waals surface area (Å²) in [4.78, 5) is 21.5. The number of H-pyrrole nitrogens is 1. The minimum atomic E-state index is -1.06. The van der Waals surface area contributed by atoms with E-state index in [1.54, 1.807) is 0 Å². The minimum absolute atomic E-state index is 0.312. The lowest BCUT2D eigenvalue weighted by molar-refractivity contribution is -0.164. The first kappa shape index (κ1) is 27.6. The number of aromatic nitrogens is 2. The van der Waals surface area contributed by atoms with Crippen LogP contribution in [0.25, 0.3) is 34.3 Å². The van der Waals surface area contributed by atoms with E-state index in [2.05, 4.69) is 4.98 Å². The van der Waals surface area contributed by atoms with Crippen LogP contribution in [0.2, 0.25) is 0 Å². The predicted molar refractivity (Wildman–Crippen MR) is 156 cm³/mol. The van der Waals surface area contributed by atoms with Crippen LogP contribution in [0.15, 0.2) is 42.5 Å². The van der Waals surface area contributed by atoms with Gasteiger partial charge < -0.3 is 19.2 Å². The average molecular weight is 543 g/mol. The van der Waals surface area contributed by atoms with E-state index in [0.717, 1.165) is 34.2 Å². The van der Waals surface area contributed by atoms with Crippen LogP contribution in [0.4, 0.5) is 4.39 Å². The summed E-state index contributed by atoms with van der Waals surface area (Å²) in [5.74, 6) is -0.651. The van der Waals surface area contributed by atoms with E-state index in [9.17, 15) is 4.79 Å². The van der Waals surface area contributed by atoms with Crippen molar-refractivity contribution >= 4 is 29.2 Å². The zero-order valence-electron chi connectivity index (χ0n) is 23.9. The van der Waals surface area contributed by atoms with E-state index in [1.165, 1.54) is 13.2 Å². The first-order valence-corrected chi connectivity index (χ1v) is 13.5. The number of methoxy groups -OCH3 is 1. The standard InChI is InChI=1S/C33H35FN2O4/c1-19-23-13-10-16-39-29(23)26(34)18-24(19)28-25-17-22(15-14-21-11-8-7-9-12-21)36-31(25)35-20(2)27(28)30(32(37)38-6)40-33(3,4)5/h7-9,11-12,14-15,17-18,30H,10,13,16H2,1-6H3,(H,35,36)/b15-14+/t30-/m0/s1. The predicted octanol–water partition coefficient (Wildman–Crippen LogP) is 7.51. The molecule has 0 spiro atoms. The van der Waals surface area contributed by atoms with Crippen molar-refractivity contribution in [3.63, 3.8) is 0 Å². The fourth-order valence-corrected chi connectivity index (χ4v) is 5.35. The fourth-order valence-electron chi connectivity index (χ4n) is 5.35. The third-order valence-electron chi connectivity index (χ3n) is 7.14. The number of aromatic amines is 1. The van der Waals surface area contributed by atoms with Gasteiger partial charge in [0.1, 0.15) is 5.65 Å². The Kier molecular flexibility index (Phi) is 7.51. The Morgan fingerprint density at radius 2 is 1.90 bits per heavy atom. The van der Waals surface area contributed by atoms with Gasteiger partial charge in [-0.25, -0.2) is 14.2 Å². The average Bonchev–Trinajstić information content (AvgIpc) is 3.34. The molecule has 2 aromatic heterocycles. The van der Waals surface area contributed by atoms with Crippen LogP contribution in [0.5, 0.6) is 5.75 Å². The number of benzene rings is 2. The Morgan fingerprint density at radius 1 is 1.15 bits per heavy atom. The minimum Gasteiger partial charge on any atom is -0.490 e. The van der Waals surface area contributed by atoms with Crippen molar-refractivity contribution in [3.8, 4) is 16.9 Å². The van der Waals surface area contributed by atoms with E-state index >= 15 is 4.39 Å². The first-order valence-electron chi connectivity index (χ1n) is 13.5. The molecule has 5 rings (SSSR count). The number of nitrogens with one attached hydrogen (secondary N) is 1. The highest BCUT2D eigenvalue weighted by atomic mass is 19.1. The van der Waals surface area contributed by atoms with Crippen molar-refractivity contribution in [2.45, 2.75) is 59.2 Å². The summed E-state index contributed by atoms with van der Waals surface area (Å²) < 4.78 is 32.8. The lowest BCUT2D eigenvalue weighted by Crippen LogP contribution is -2.29. The van der Waals surface area contributed by atoms with Gasteiger partial charge in [0.2, 0.25) is 0 Å². The molecule has 3 heterocycles. The molecule has 0 bridgehead atoms. The number of carbonyl (C=O) groups is 1. The number of rotatable bonds is 6. The highest BCUT2D eigenvalue weighted by molar-refractivity contribution is 6.00. The number of ether oxygens (including phenoxy) is 3. The van der Waals surface area contributed by atoms with Gasteiger partial charge in [0.05, 0.1) is 19.3 Å². The van der Waals surface area contributed by atoms with Gasteiger partial charge in [-0.3, -0.25) is 0 Å². The molecule has 1 aliphatic rings. The molecule has 1 N–H and O–H groups in total. The molecule has 0 saturated heterocycles. The van der Waals surface area contributed by atoms with Crippen LogP contribution in [0.1, 0.15) is 66.9 Å². The second-order valence-corrected chi connectivity index (χ2v) is 11.1. The van der Waals surface area contributed by atoms with Gasteiger partial charge in [0.15, 0.2) is 17.7 Å². The molecule has 1 aliphatic heterocycles. The number of hydrogen-bond acceptors (Lipinski definition) is 5. The highest BCUT2D eigenvalue weighted by Crippen LogP contribution is 2.44. The van der Waals surface area contributed by atoms with E-state index in [4.69, 9.17) is 19.2 Å². The Hall–Kier alpha value is -3.97. The number of aryl methyl sites for hydroxylation is 1. The largest absolute Gasteiger partial charge is 0.490 e. The van der Waals surface area contributed by atoms with Gasteiger partial charge in [0.25, 0.3) is 0 Å². The molecule has 2 aromatic carbocycles. The van der Waals surface area contributed by atoms with Crippen LogP contribution in [-0.2, 0) is 20.7 Å². The number of pyridine rings is 1. The van der Waals surface area contributed by atoms with Crippen molar-refractivity contribution in [1.29, 1.82) is 0 Å². The molecule has 1 atom stereocenters. The molecule has 0 fully saturated rings. The fraction of sp³-hybridized carbons (Fsp3) is 0.333. The first-order chi connectivity index (χ1) is 19.1. The second kappa shape index (κ2) is 10.9. The zero-order valence-corrected chi connectivity index (χ0v) is 23.9. The third kappa shape index (κ3) is 5.39. The number of hydrogen-bond donors (Lipinski definition) is 1. The van der Waals surface area contributed by atoms with Crippen LogP contribution >= 0.6 is 0 Å². The maximum atomic E-state index is 15.6. The lowest BCUT2D eigenvalue weighted by Gasteiger charge is -2.29. The summed E-state index contributed by atoms with van der Waals surface area (Å²) in [6.45, 7) is 9.96. The summed E-state index contributed by atoms with van der Waals surface area (Å²) in [6, 6.07) is 13.5. The SMILES string of the molecule is COC(=O)[C@@H](OC(C)(C)C)c1c(C)nc2[nH]c(/C=C/c3ccccc3)cc2c1-c1cc(F)c2c(c1C)CCCO2. The maximum absolute atomic E-state index is 15.6.